The molecule has 0 aliphatic heterocycles. The van der Waals surface area contributed by atoms with Gasteiger partial charge in [-0.2, -0.15) is 0 Å². The van der Waals surface area contributed by atoms with Crippen molar-refractivity contribution < 1.29 is 0 Å². The van der Waals surface area contributed by atoms with E-state index in [2.05, 4.69) is 131 Å². The monoisotopic (exact) mass is 586 g/mol. The Bertz CT molecular complexity index is 2090. The van der Waals surface area contributed by atoms with E-state index >= 15 is 0 Å². The molecule has 0 spiro atoms. The number of fused-ring (bicyclic) bond motifs is 3. The Hall–Kier alpha value is -5.09. The van der Waals surface area contributed by atoms with E-state index < -0.39 is 0 Å². The minimum atomic E-state index is -0.0940. The molecule has 0 aliphatic carbocycles. The number of benzene rings is 5. The van der Waals surface area contributed by atoms with E-state index in [4.69, 9.17) is 15.0 Å². The molecule has 0 bridgehead atoms. The van der Waals surface area contributed by atoms with E-state index in [9.17, 15) is 0 Å². The fraction of sp³-hybridized carbons (Fsp3) is 0.195. The molecule has 0 saturated carbocycles. The quantitative estimate of drug-likeness (QED) is 0.206. The Labute approximate surface area is 265 Å². The third kappa shape index (κ3) is 5.31. The number of para-hydroxylation sites is 1. The normalized spacial score (nSPS) is 12.2. The Balaban J connectivity index is 1.64. The van der Waals surface area contributed by atoms with Crippen LogP contribution in [-0.4, -0.2) is 19.5 Å². The second-order valence-corrected chi connectivity index (χ2v) is 13.9. The molecule has 45 heavy (non-hydrogen) atoms. The molecule has 2 aromatic heterocycles. The molecule has 0 saturated heterocycles. The number of nitrogens with zero attached hydrogens (tertiary/aromatic N) is 4. The lowest BCUT2D eigenvalue weighted by Crippen LogP contribution is -2.12. The molecule has 0 atom stereocenters. The van der Waals surface area contributed by atoms with Crippen LogP contribution >= 0.6 is 0 Å². The second kappa shape index (κ2) is 10.8. The van der Waals surface area contributed by atoms with Gasteiger partial charge in [0.1, 0.15) is 0 Å². The molecule has 222 valence electrons. The van der Waals surface area contributed by atoms with Gasteiger partial charge in [0.2, 0.25) is 0 Å². The zero-order valence-corrected chi connectivity index (χ0v) is 26.8. The van der Waals surface area contributed by atoms with Gasteiger partial charge in [0.25, 0.3) is 0 Å². The summed E-state index contributed by atoms with van der Waals surface area (Å²) in [5.41, 5.74) is 8.74. The standard InChI is InChI=1S/C41H38N4/c1-40(2,3)29-22-23-35-32(24-29)33-25-30(41(4,5)6)26-34(36(33)45(35)31-20-14-9-15-21-31)39-43-37(27-16-10-7-11-17-27)42-38(44-39)28-18-12-8-13-19-28/h7-26H,1-6H3. The Kier molecular flexibility index (Phi) is 6.89. The van der Waals surface area contributed by atoms with Crippen molar-refractivity contribution in [1.29, 1.82) is 0 Å². The highest BCUT2D eigenvalue weighted by Gasteiger charge is 2.25. The highest BCUT2D eigenvalue weighted by molar-refractivity contribution is 6.14. The Morgan fingerprint density at radius 2 is 0.956 bits per heavy atom. The first kappa shape index (κ1) is 28.7. The van der Waals surface area contributed by atoms with E-state index in [1.807, 2.05) is 36.4 Å². The average Bonchev–Trinajstić information content (AvgIpc) is 3.38. The van der Waals surface area contributed by atoms with Gasteiger partial charge in [-0.3, -0.25) is 0 Å². The third-order valence-electron chi connectivity index (χ3n) is 8.55. The van der Waals surface area contributed by atoms with Gasteiger partial charge in [-0.05, 0) is 58.4 Å². The maximum absolute atomic E-state index is 5.20. The van der Waals surface area contributed by atoms with Gasteiger partial charge in [0.15, 0.2) is 17.5 Å². The summed E-state index contributed by atoms with van der Waals surface area (Å²) in [4.78, 5) is 15.4. The van der Waals surface area contributed by atoms with Crippen LogP contribution in [0, 0.1) is 0 Å². The van der Waals surface area contributed by atoms with E-state index in [1.165, 1.54) is 21.9 Å². The number of hydrogen-bond acceptors (Lipinski definition) is 3. The summed E-state index contributed by atoms with van der Waals surface area (Å²) in [6.07, 6.45) is 0. The van der Waals surface area contributed by atoms with Gasteiger partial charge in [0.05, 0.1) is 11.0 Å². The Morgan fingerprint density at radius 3 is 1.49 bits per heavy atom. The molecular weight excluding hydrogens is 548 g/mol. The van der Waals surface area contributed by atoms with Gasteiger partial charge < -0.3 is 4.57 Å². The van der Waals surface area contributed by atoms with E-state index in [0.29, 0.717) is 17.5 Å². The smallest absolute Gasteiger partial charge is 0.166 e. The number of rotatable bonds is 4. The van der Waals surface area contributed by atoms with Crippen molar-refractivity contribution in [3.05, 3.63) is 132 Å². The lowest BCUT2D eigenvalue weighted by molar-refractivity contribution is 0.590. The zero-order valence-electron chi connectivity index (χ0n) is 26.8. The van der Waals surface area contributed by atoms with Crippen LogP contribution in [0.3, 0.4) is 0 Å². The first-order chi connectivity index (χ1) is 21.6. The highest BCUT2D eigenvalue weighted by atomic mass is 15.0. The summed E-state index contributed by atoms with van der Waals surface area (Å²) in [6.45, 7) is 13.6. The first-order valence-electron chi connectivity index (χ1n) is 15.6. The van der Waals surface area contributed by atoms with Crippen LogP contribution in [0.5, 0.6) is 0 Å². The summed E-state index contributed by atoms with van der Waals surface area (Å²) in [6, 6.07) is 42.6. The molecule has 0 fully saturated rings. The molecule has 7 aromatic rings. The number of aromatic nitrogens is 4. The van der Waals surface area contributed by atoms with Crippen molar-refractivity contribution in [3.8, 4) is 39.9 Å². The van der Waals surface area contributed by atoms with Crippen LogP contribution in [0.15, 0.2) is 121 Å². The molecule has 2 heterocycles. The first-order valence-corrected chi connectivity index (χ1v) is 15.6. The van der Waals surface area contributed by atoms with Crippen molar-refractivity contribution in [2.45, 2.75) is 52.4 Å². The maximum Gasteiger partial charge on any atom is 0.166 e. The molecule has 0 N–H and O–H groups in total. The molecule has 0 aliphatic rings. The van der Waals surface area contributed by atoms with Crippen LogP contribution in [0.1, 0.15) is 52.7 Å². The summed E-state index contributed by atoms with van der Waals surface area (Å²) >= 11 is 0. The minimum Gasteiger partial charge on any atom is -0.308 e. The van der Waals surface area contributed by atoms with Crippen molar-refractivity contribution in [2.75, 3.05) is 0 Å². The summed E-state index contributed by atoms with van der Waals surface area (Å²) in [7, 11) is 0. The molecule has 0 amide bonds. The van der Waals surface area contributed by atoms with Gasteiger partial charge >= 0.3 is 0 Å². The lowest BCUT2D eigenvalue weighted by Gasteiger charge is -2.21. The predicted octanol–water partition coefficient (Wildman–Crippen LogP) is 10.6. The predicted molar refractivity (Wildman–Crippen MR) is 188 cm³/mol. The topological polar surface area (TPSA) is 43.6 Å². The summed E-state index contributed by atoms with van der Waals surface area (Å²) in [5.74, 6) is 1.98. The van der Waals surface area contributed by atoms with Gasteiger partial charge in [-0.1, -0.05) is 126 Å². The van der Waals surface area contributed by atoms with Crippen LogP contribution in [-0.2, 0) is 10.8 Å². The fourth-order valence-electron chi connectivity index (χ4n) is 5.99. The average molecular weight is 587 g/mol. The van der Waals surface area contributed by atoms with E-state index in [0.717, 1.165) is 33.4 Å². The van der Waals surface area contributed by atoms with Crippen molar-refractivity contribution in [1.82, 2.24) is 19.5 Å². The van der Waals surface area contributed by atoms with Crippen molar-refractivity contribution >= 4 is 21.8 Å². The van der Waals surface area contributed by atoms with Crippen molar-refractivity contribution in [2.24, 2.45) is 0 Å². The van der Waals surface area contributed by atoms with Crippen molar-refractivity contribution in [3.63, 3.8) is 0 Å². The Morgan fingerprint density at radius 1 is 0.467 bits per heavy atom. The van der Waals surface area contributed by atoms with Crippen LogP contribution in [0.2, 0.25) is 0 Å². The van der Waals surface area contributed by atoms with Crippen LogP contribution in [0.25, 0.3) is 61.7 Å². The molecular formula is C41H38N4. The molecule has 5 aromatic carbocycles. The maximum atomic E-state index is 5.20. The van der Waals surface area contributed by atoms with Gasteiger partial charge in [0, 0.05) is 33.2 Å². The SMILES string of the molecule is CC(C)(C)c1ccc2c(c1)c1cc(C(C)(C)C)cc(-c3nc(-c4ccccc4)nc(-c4ccccc4)n3)c1n2-c1ccccc1. The highest BCUT2D eigenvalue weighted by Crippen LogP contribution is 2.42. The summed E-state index contributed by atoms with van der Waals surface area (Å²) in [5, 5.41) is 2.43. The number of hydrogen-bond donors (Lipinski definition) is 0. The lowest BCUT2D eigenvalue weighted by atomic mass is 9.84. The zero-order chi connectivity index (χ0) is 31.3. The molecule has 7 rings (SSSR count). The summed E-state index contributed by atoms with van der Waals surface area (Å²) < 4.78 is 2.38. The largest absolute Gasteiger partial charge is 0.308 e. The molecule has 4 nitrogen and oxygen atoms in total. The minimum absolute atomic E-state index is 0.0171. The van der Waals surface area contributed by atoms with E-state index in [-0.39, 0.29) is 10.8 Å². The van der Waals surface area contributed by atoms with Gasteiger partial charge in [-0.15, -0.1) is 0 Å². The molecule has 0 unspecified atom stereocenters. The van der Waals surface area contributed by atoms with Gasteiger partial charge in [-0.25, -0.2) is 15.0 Å². The third-order valence-corrected chi connectivity index (χ3v) is 8.55. The van der Waals surface area contributed by atoms with Crippen LogP contribution < -0.4 is 0 Å². The second-order valence-electron chi connectivity index (χ2n) is 13.9. The van der Waals surface area contributed by atoms with Crippen LogP contribution in [0.4, 0.5) is 0 Å². The molecule has 0 radical (unpaired) electrons. The molecule has 4 heteroatoms. The van der Waals surface area contributed by atoms with E-state index in [1.54, 1.807) is 0 Å². The fourth-order valence-corrected chi connectivity index (χ4v) is 5.99.